The topological polar surface area (TPSA) is 205 Å². The van der Waals surface area contributed by atoms with Gasteiger partial charge in [0.1, 0.15) is 0 Å². The molecule has 0 fully saturated rings. The van der Waals surface area contributed by atoms with E-state index in [1.807, 2.05) is 12.1 Å². The molecule has 0 saturated carbocycles. The van der Waals surface area contributed by atoms with Crippen LogP contribution in [0.5, 0.6) is 0 Å². The molecule has 15 heteroatoms. The van der Waals surface area contributed by atoms with E-state index in [1.165, 1.54) is 24.3 Å². The van der Waals surface area contributed by atoms with E-state index in [9.17, 15) is 27.0 Å². The fourth-order valence-corrected chi connectivity index (χ4v) is 5.33. The average Bonchev–Trinajstić information content (AvgIpc) is 3.36. The van der Waals surface area contributed by atoms with Crippen molar-refractivity contribution in [3.05, 3.63) is 120 Å². The van der Waals surface area contributed by atoms with Crippen molar-refractivity contribution < 1.29 is 58.3 Å². The summed E-state index contributed by atoms with van der Waals surface area (Å²) in [5, 5.41) is 38.9. The molecule has 0 atom stereocenters. The first kappa shape index (κ1) is 33.4. The van der Waals surface area contributed by atoms with E-state index in [4.69, 9.17) is 10.2 Å². The summed E-state index contributed by atoms with van der Waals surface area (Å²) in [7, 11) is -7.36. The molecular formula is C26H22N4O8PtS2. The van der Waals surface area contributed by atoms with E-state index in [0.29, 0.717) is 0 Å². The van der Waals surface area contributed by atoms with Gasteiger partial charge in [0.05, 0.1) is 23.0 Å². The molecule has 4 aromatic rings. The number of rotatable bonds is 2. The SMILES string of the molecule is O=S1(=O)N=C([O-])c2ccccc21.O=S1(=O)N=C([O-])c2ccccc21.OCc1cccnc1.OCc1cccnc1.[Pt+2]. The Hall–Kier alpha value is -3.81. The Kier molecular flexibility index (Phi) is 12.4. The van der Waals surface area contributed by atoms with Crippen molar-refractivity contribution in [2.75, 3.05) is 0 Å². The van der Waals surface area contributed by atoms with Crippen molar-refractivity contribution in [1.29, 1.82) is 0 Å². The predicted octanol–water partition coefficient (Wildman–Crippen LogP) is 0.137. The fourth-order valence-electron chi connectivity index (χ4n) is 3.13. The molecule has 0 spiro atoms. The van der Waals surface area contributed by atoms with Gasteiger partial charge in [-0.05, 0) is 35.4 Å². The standard InChI is InChI=1S/2C7H5NO3S.2C6H7NO.Pt/c2*9-7-5-3-1-2-4-6(5)12(10,11)8-7;2*8-5-6-2-1-3-7-4-6;/h2*1-4H,(H,8,9);2*1-4,8H,5H2;/q;;;;+2/p-2. The molecule has 0 bridgehead atoms. The van der Waals surface area contributed by atoms with Crippen LogP contribution in [0, 0.1) is 0 Å². The summed E-state index contributed by atoms with van der Waals surface area (Å²) in [6.07, 6.45) is 6.64. The van der Waals surface area contributed by atoms with Crippen LogP contribution in [0.25, 0.3) is 0 Å². The second kappa shape index (κ2) is 15.3. The summed E-state index contributed by atoms with van der Waals surface area (Å²) >= 11 is 0. The van der Waals surface area contributed by atoms with E-state index in [1.54, 1.807) is 61.2 Å². The van der Waals surface area contributed by atoms with Gasteiger partial charge >= 0.3 is 21.1 Å². The van der Waals surface area contributed by atoms with Gasteiger partial charge in [0.25, 0.3) is 20.0 Å². The summed E-state index contributed by atoms with van der Waals surface area (Å²) in [4.78, 5) is 7.61. The minimum absolute atomic E-state index is 0. The summed E-state index contributed by atoms with van der Waals surface area (Å²) < 4.78 is 50.3. The Balaban J connectivity index is 0.000000193. The number of aromatic nitrogens is 2. The molecule has 0 amide bonds. The van der Waals surface area contributed by atoms with Crippen LogP contribution in [0.1, 0.15) is 22.3 Å². The number of fused-ring (bicyclic) bond motifs is 2. The molecular weight excluding hydrogens is 756 g/mol. The second-order valence-electron chi connectivity index (χ2n) is 7.77. The third kappa shape index (κ3) is 9.10. The molecule has 0 unspecified atom stereocenters. The number of hydrogen-bond acceptors (Lipinski definition) is 10. The van der Waals surface area contributed by atoms with Crippen LogP contribution in [0.4, 0.5) is 0 Å². The van der Waals surface area contributed by atoms with Gasteiger partial charge in [-0.15, -0.1) is 0 Å². The van der Waals surface area contributed by atoms with Crippen LogP contribution in [-0.4, -0.2) is 48.8 Å². The van der Waals surface area contributed by atoms with E-state index in [2.05, 4.69) is 18.8 Å². The number of aliphatic hydroxyl groups excluding tert-OH is 2. The van der Waals surface area contributed by atoms with Crippen LogP contribution >= 0.6 is 0 Å². The van der Waals surface area contributed by atoms with Crippen molar-refractivity contribution in [3.8, 4) is 0 Å². The first-order valence-corrected chi connectivity index (χ1v) is 14.2. The molecule has 0 saturated heterocycles. The molecule has 0 radical (unpaired) electrons. The molecule has 2 aliphatic heterocycles. The third-order valence-corrected chi connectivity index (χ3v) is 7.64. The minimum Gasteiger partial charge on any atom is -0.858 e. The summed E-state index contributed by atoms with van der Waals surface area (Å²) in [6.45, 7) is 0.154. The number of aliphatic hydroxyl groups is 2. The van der Waals surface area contributed by atoms with Crippen LogP contribution < -0.4 is 10.2 Å². The number of pyridine rings is 2. The average molecular weight is 778 g/mol. The van der Waals surface area contributed by atoms with Crippen molar-refractivity contribution >= 4 is 31.8 Å². The molecule has 12 nitrogen and oxygen atoms in total. The van der Waals surface area contributed by atoms with Gasteiger partial charge in [0.2, 0.25) is 0 Å². The molecule has 2 aromatic carbocycles. The minimum atomic E-state index is -3.68. The molecule has 4 heterocycles. The molecule has 2 aromatic heterocycles. The number of hydrogen-bond donors (Lipinski definition) is 2. The van der Waals surface area contributed by atoms with Crippen LogP contribution in [0.2, 0.25) is 0 Å². The van der Waals surface area contributed by atoms with Crippen LogP contribution in [0.3, 0.4) is 0 Å². The first-order valence-electron chi connectivity index (χ1n) is 11.3. The van der Waals surface area contributed by atoms with E-state index in [-0.39, 0.29) is 55.2 Å². The van der Waals surface area contributed by atoms with E-state index in [0.717, 1.165) is 11.1 Å². The van der Waals surface area contributed by atoms with Crippen molar-refractivity contribution in [2.24, 2.45) is 8.80 Å². The predicted molar refractivity (Wildman–Crippen MR) is 141 cm³/mol. The summed E-state index contributed by atoms with van der Waals surface area (Å²) in [6, 6.07) is 19.2. The Morgan fingerprint density at radius 3 is 1.22 bits per heavy atom. The van der Waals surface area contributed by atoms with Crippen LogP contribution in [0.15, 0.2) is 116 Å². The summed E-state index contributed by atoms with van der Waals surface area (Å²) in [5.41, 5.74) is 2.04. The quantitative estimate of drug-likeness (QED) is 0.282. The smallest absolute Gasteiger partial charge is 0.858 e. The van der Waals surface area contributed by atoms with Crippen molar-refractivity contribution in [2.45, 2.75) is 23.0 Å². The molecule has 2 N–H and O–H groups in total. The van der Waals surface area contributed by atoms with Gasteiger partial charge in [0, 0.05) is 47.7 Å². The first-order chi connectivity index (χ1) is 19.1. The molecule has 2 aliphatic rings. The monoisotopic (exact) mass is 777 g/mol. The number of sulfonamides is 2. The Morgan fingerprint density at radius 2 is 0.951 bits per heavy atom. The van der Waals surface area contributed by atoms with Gasteiger partial charge in [-0.3, -0.25) is 9.97 Å². The third-order valence-electron chi connectivity index (χ3n) is 5.01. The molecule has 41 heavy (non-hydrogen) atoms. The number of benzene rings is 2. The van der Waals surface area contributed by atoms with Gasteiger partial charge in [0.15, 0.2) is 0 Å². The molecule has 6 rings (SSSR count). The maximum atomic E-state index is 11.1. The zero-order chi connectivity index (χ0) is 29.2. The number of nitrogens with zero attached hydrogens (tertiary/aromatic N) is 4. The normalized spacial score (nSPS) is 14.4. The zero-order valence-corrected chi connectivity index (χ0v) is 24.8. The van der Waals surface area contributed by atoms with Crippen molar-refractivity contribution in [3.63, 3.8) is 0 Å². The van der Waals surface area contributed by atoms with Gasteiger partial charge in [-0.2, -0.15) is 25.6 Å². The Morgan fingerprint density at radius 1 is 0.585 bits per heavy atom. The fraction of sp³-hybridized carbons (Fsp3) is 0.0769. The molecule has 0 aliphatic carbocycles. The van der Waals surface area contributed by atoms with Crippen molar-refractivity contribution in [1.82, 2.24) is 9.97 Å². The Bertz CT molecular complexity index is 1590. The largest absolute Gasteiger partial charge is 2.00 e. The second-order valence-corrected chi connectivity index (χ2v) is 10.9. The Labute approximate surface area is 250 Å². The van der Waals surface area contributed by atoms with E-state index < -0.39 is 31.8 Å². The van der Waals surface area contributed by atoms with Crippen LogP contribution in [-0.2, 0) is 54.3 Å². The van der Waals surface area contributed by atoms with Gasteiger partial charge < -0.3 is 20.4 Å². The summed E-state index contributed by atoms with van der Waals surface area (Å²) in [5.74, 6) is -1.35. The zero-order valence-electron chi connectivity index (χ0n) is 20.9. The van der Waals surface area contributed by atoms with Gasteiger partial charge in [-0.1, -0.05) is 48.5 Å². The van der Waals surface area contributed by atoms with E-state index >= 15 is 0 Å². The van der Waals surface area contributed by atoms with Gasteiger partial charge in [-0.25, -0.2) is 0 Å². The maximum Gasteiger partial charge on any atom is 2.00 e. The molecule has 216 valence electrons. The maximum absolute atomic E-state index is 11.1.